The van der Waals surface area contributed by atoms with E-state index < -0.39 is 5.97 Å². The van der Waals surface area contributed by atoms with Gasteiger partial charge in [0.25, 0.3) is 0 Å². The Kier molecular flexibility index (Phi) is 3.94. The summed E-state index contributed by atoms with van der Waals surface area (Å²) in [4.78, 5) is 10.8. The van der Waals surface area contributed by atoms with Crippen molar-refractivity contribution in [2.24, 2.45) is 0 Å². The predicted molar refractivity (Wildman–Crippen MR) is 70.0 cm³/mol. The van der Waals surface area contributed by atoms with Gasteiger partial charge in [0.1, 0.15) is 0 Å². The lowest BCUT2D eigenvalue weighted by Gasteiger charge is -2.02. The first-order valence-corrected chi connectivity index (χ1v) is 6.29. The Bertz CT molecular complexity index is 560. The summed E-state index contributed by atoms with van der Waals surface area (Å²) in [5.74, 6) is 0.341. The number of aromatic nitrogens is 2. The molecule has 0 fully saturated rings. The second-order valence-corrected chi connectivity index (χ2v) is 4.52. The molecule has 0 amide bonds. The number of carbonyl (C=O) groups is 1. The molecule has 0 saturated heterocycles. The molecule has 100 valence electrons. The molecule has 1 heterocycles. The average Bonchev–Trinajstić information content (AvgIpc) is 2.89. The summed E-state index contributed by atoms with van der Waals surface area (Å²) >= 11 is 0. The van der Waals surface area contributed by atoms with Crippen LogP contribution in [0.3, 0.4) is 0 Å². The van der Waals surface area contributed by atoms with Crippen LogP contribution in [0.2, 0.25) is 0 Å². The summed E-state index contributed by atoms with van der Waals surface area (Å²) in [6, 6.07) is 6.39. The van der Waals surface area contributed by atoms with Crippen LogP contribution < -0.4 is 0 Å². The van der Waals surface area contributed by atoms with E-state index in [1.54, 1.807) is 12.1 Å². The lowest BCUT2D eigenvalue weighted by atomic mass is 10.1. The van der Waals surface area contributed by atoms with Crippen LogP contribution in [-0.2, 0) is 0 Å². The molecule has 2 aromatic rings. The summed E-state index contributed by atoms with van der Waals surface area (Å²) in [6.45, 7) is 4.16. The third-order valence-electron chi connectivity index (χ3n) is 2.96. The number of hydrogen-bond acceptors (Lipinski definition) is 4. The van der Waals surface area contributed by atoms with Crippen LogP contribution in [0.25, 0.3) is 11.5 Å². The lowest BCUT2D eigenvalue weighted by Crippen LogP contribution is -1.94. The minimum Gasteiger partial charge on any atom is -0.478 e. The lowest BCUT2D eigenvalue weighted by molar-refractivity contribution is 0.0697. The molecular formula is C14H16N2O3. The zero-order chi connectivity index (χ0) is 13.8. The smallest absolute Gasteiger partial charge is 0.335 e. The normalized spacial score (nSPS) is 12.3. The Hall–Kier alpha value is -2.17. The van der Waals surface area contributed by atoms with Crippen LogP contribution in [0.5, 0.6) is 0 Å². The topological polar surface area (TPSA) is 76.2 Å². The van der Waals surface area contributed by atoms with E-state index in [1.807, 2.05) is 6.92 Å². The van der Waals surface area contributed by atoms with Gasteiger partial charge in [0, 0.05) is 11.5 Å². The summed E-state index contributed by atoms with van der Waals surface area (Å²) in [6.07, 6.45) is 2.06. The maximum atomic E-state index is 10.8. The first kappa shape index (κ1) is 13.3. The van der Waals surface area contributed by atoms with Crippen LogP contribution >= 0.6 is 0 Å². The molecule has 1 unspecified atom stereocenters. The Morgan fingerprint density at radius 2 is 2.00 bits per heavy atom. The monoisotopic (exact) mass is 260 g/mol. The highest BCUT2D eigenvalue weighted by Crippen LogP contribution is 2.24. The number of hydrogen-bond donors (Lipinski definition) is 1. The predicted octanol–water partition coefficient (Wildman–Crippen LogP) is 3.34. The van der Waals surface area contributed by atoms with Crippen molar-refractivity contribution in [3.8, 4) is 11.5 Å². The highest BCUT2D eigenvalue weighted by molar-refractivity contribution is 5.88. The molecule has 0 aliphatic rings. The molecule has 1 aromatic heterocycles. The number of benzene rings is 1. The van der Waals surface area contributed by atoms with E-state index in [1.165, 1.54) is 12.1 Å². The zero-order valence-corrected chi connectivity index (χ0v) is 11.0. The van der Waals surface area contributed by atoms with Crippen molar-refractivity contribution in [2.45, 2.75) is 32.6 Å². The summed E-state index contributed by atoms with van der Waals surface area (Å²) in [7, 11) is 0. The van der Waals surface area contributed by atoms with E-state index in [0.717, 1.165) is 18.4 Å². The summed E-state index contributed by atoms with van der Waals surface area (Å²) < 4.78 is 5.61. The third kappa shape index (κ3) is 2.99. The number of carboxylic acids is 1. The van der Waals surface area contributed by atoms with E-state index >= 15 is 0 Å². The molecule has 0 saturated carbocycles. The van der Waals surface area contributed by atoms with Gasteiger partial charge in [-0.3, -0.25) is 0 Å². The number of aromatic carboxylic acids is 1. The minimum atomic E-state index is -0.950. The van der Waals surface area contributed by atoms with Crippen molar-refractivity contribution < 1.29 is 14.3 Å². The van der Waals surface area contributed by atoms with Crippen molar-refractivity contribution in [1.29, 1.82) is 0 Å². The van der Waals surface area contributed by atoms with Gasteiger partial charge in [0.2, 0.25) is 11.8 Å². The molecule has 0 bridgehead atoms. The molecular weight excluding hydrogens is 244 g/mol. The van der Waals surface area contributed by atoms with Crippen LogP contribution in [0, 0.1) is 0 Å². The van der Waals surface area contributed by atoms with Crippen LogP contribution in [0.1, 0.15) is 48.9 Å². The van der Waals surface area contributed by atoms with Gasteiger partial charge in [0.05, 0.1) is 5.56 Å². The molecule has 0 spiro atoms. The number of nitrogens with zero attached hydrogens (tertiary/aromatic N) is 2. The molecule has 1 N–H and O–H groups in total. The van der Waals surface area contributed by atoms with Crippen LogP contribution in [-0.4, -0.2) is 21.3 Å². The summed E-state index contributed by atoms with van der Waals surface area (Å²) in [5, 5.41) is 16.9. The van der Waals surface area contributed by atoms with E-state index in [9.17, 15) is 4.79 Å². The Morgan fingerprint density at radius 1 is 1.32 bits per heavy atom. The molecule has 5 heteroatoms. The highest BCUT2D eigenvalue weighted by Gasteiger charge is 2.14. The van der Waals surface area contributed by atoms with Crippen molar-refractivity contribution in [3.05, 3.63) is 35.7 Å². The second kappa shape index (κ2) is 5.65. The maximum Gasteiger partial charge on any atom is 0.335 e. The molecule has 2 rings (SSSR count). The second-order valence-electron chi connectivity index (χ2n) is 4.52. The van der Waals surface area contributed by atoms with Crippen molar-refractivity contribution in [2.75, 3.05) is 0 Å². The minimum absolute atomic E-state index is 0.239. The Labute approximate surface area is 111 Å². The van der Waals surface area contributed by atoms with Crippen molar-refractivity contribution in [1.82, 2.24) is 10.2 Å². The fourth-order valence-corrected chi connectivity index (χ4v) is 1.86. The van der Waals surface area contributed by atoms with Crippen LogP contribution in [0.15, 0.2) is 28.7 Å². The average molecular weight is 260 g/mol. The molecule has 1 aromatic carbocycles. The van der Waals surface area contributed by atoms with Gasteiger partial charge in [-0.1, -0.05) is 20.3 Å². The molecule has 1 atom stereocenters. The number of rotatable bonds is 5. The van der Waals surface area contributed by atoms with E-state index in [-0.39, 0.29) is 11.5 Å². The first-order chi connectivity index (χ1) is 9.11. The fraction of sp³-hybridized carbons (Fsp3) is 0.357. The molecule has 19 heavy (non-hydrogen) atoms. The standard InChI is InChI=1S/C14H16N2O3/c1-3-4-9(2)12-15-16-13(19-12)10-5-7-11(8-6-10)14(17)18/h5-9H,3-4H2,1-2H3,(H,17,18). The van der Waals surface area contributed by atoms with Gasteiger partial charge in [-0.15, -0.1) is 10.2 Å². The number of carboxylic acid groups (broad SMARTS) is 1. The Balaban J connectivity index is 2.20. The van der Waals surface area contributed by atoms with Gasteiger partial charge in [-0.05, 0) is 30.7 Å². The molecule has 5 nitrogen and oxygen atoms in total. The van der Waals surface area contributed by atoms with Crippen LogP contribution in [0.4, 0.5) is 0 Å². The van der Waals surface area contributed by atoms with Gasteiger partial charge in [0.15, 0.2) is 0 Å². The zero-order valence-electron chi connectivity index (χ0n) is 11.0. The van der Waals surface area contributed by atoms with E-state index in [2.05, 4.69) is 17.1 Å². The maximum absolute atomic E-state index is 10.8. The van der Waals surface area contributed by atoms with Gasteiger partial charge in [-0.25, -0.2) is 4.79 Å². The molecule has 0 aliphatic carbocycles. The fourth-order valence-electron chi connectivity index (χ4n) is 1.86. The van der Waals surface area contributed by atoms with E-state index in [4.69, 9.17) is 9.52 Å². The van der Waals surface area contributed by atoms with Gasteiger partial charge in [-0.2, -0.15) is 0 Å². The first-order valence-electron chi connectivity index (χ1n) is 6.29. The third-order valence-corrected chi connectivity index (χ3v) is 2.96. The van der Waals surface area contributed by atoms with Gasteiger partial charge < -0.3 is 9.52 Å². The molecule has 0 aliphatic heterocycles. The van der Waals surface area contributed by atoms with Gasteiger partial charge >= 0.3 is 5.97 Å². The quantitative estimate of drug-likeness (QED) is 0.892. The largest absolute Gasteiger partial charge is 0.478 e. The molecule has 0 radical (unpaired) electrons. The van der Waals surface area contributed by atoms with E-state index in [0.29, 0.717) is 11.8 Å². The highest BCUT2D eigenvalue weighted by atomic mass is 16.4. The Morgan fingerprint density at radius 3 is 2.58 bits per heavy atom. The summed E-state index contributed by atoms with van der Waals surface area (Å²) in [5.41, 5.74) is 0.968. The SMILES string of the molecule is CCCC(C)c1nnc(-c2ccc(C(=O)O)cc2)o1. The van der Waals surface area contributed by atoms with Crippen molar-refractivity contribution >= 4 is 5.97 Å². The van der Waals surface area contributed by atoms with Crippen molar-refractivity contribution in [3.63, 3.8) is 0 Å².